The molecule has 1 aliphatic rings. The van der Waals surface area contributed by atoms with Gasteiger partial charge in [-0.1, -0.05) is 23.2 Å². The number of carbonyl (C=O) groups excluding carboxylic acids is 1. The van der Waals surface area contributed by atoms with E-state index in [9.17, 15) is 9.59 Å². The molecule has 0 radical (unpaired) electrons. The van der Waals surface area contributed by atoms with Crippen molar-refractivity contribution in [3.05, 3.63) is 28.0 Å². The second-order valence-corrected chi connectivity index (χ2v) is 6.56. The zero-order valence-electron chi connectivity index (χ0n) is 12.5. The van der Waals surface area contributed by atoms with E-state index in [0.29, 0.717) is 30.5 Å². The largest absolute Gasteiger partial charge is 0.465 e. The van der Waals surface area contributed by atoms with Crippen LogP contribution in [-0.2, 0) is 0 Å². The quantitative estimate of drug-likeness (QED) is 0.704. The van der Waals surface area contributed by atoms with Crippen LogP contribution in [0, 0.1) is 11.8 Å². The standard InChI is InChI=1S/C15H19Cl2N3O3/c16-12-8-18-13(17)5-11(12)14(21)19-6-9-1-3-10(4-2-9)7-20-15(22)23/h5,8-10,20H,1-4,6-7H2,(H,19,21)(H,22,23)/t9-,10-. The molecule has 0 aromatic carbocycles. The van der Waals surface area contributed by atoms with E-state index in [0.717, 1.165) is 25.7 Å². The molecule has 23 heavy (non-hydrogen) atoms. The Morgan fingerprint density at radius 3 is 2.26 bits per heavy atom. The number of carbonyl (C=O) groups is 2. The number of carboxylic acid groups (broad SMARTS) is 1. The van der Waals surface area contributed by atoms with E-state index in [4.69, 9.17) is 28.3 Å². The maximum absolute atomic E-state index is 12.1. The maximum Gasteiger partial charge on any atom is 0.404 e. The fraction of sp³-hybridized carbons (Fsp3) is 0.533. The third-order valence-corrected chi connectivity index (χ3v) is 4.63. The van der Waals surface area contributed by atoms with Gasteiger partial charge in [-0.25, -0.2) is 9.78 Å². The highest BCUT2D eigenvalue weighted by molar-refractivity contribution is 6.35. The molecule has 1 aromatic rings. The number of hydrogen-bond donors (Lipinski definition) is 3. The molecule has 0 spiro atoms. The van der Waals surface area contributed by atoms with Crippen molar-refractivity contribution in [2.75, 3.05) is 13.1 Å². The zero-order valence-corrected chi connectivity index (χ0v) is 14.0. The predicted octanol–water partition coefficient (Wildman–Crippen LogP) is 3.19. The molecule has 2 amide bonds. The Morgan fingerprint density at radius 2 is 1.70 bits per heavy atom. The molecular weight excluding hydrogens is 341 g/mol. The van der Waals surface area contributed by atoms with Crippen molar-refractivity contribution in [3.8, 4) is 0 Å². The summed E-state index contributed by atoms with van der Waals surface area (Å²) in [5.41, 5.74) is 0.325. The molecule has 6 nitrogen and oxygen atoms in total. The summed E-state index contributed by atoms with van der Waals surface area (Å²) in [5.74, 6) is 0.525. The lowest BCUT2D eigenvalue weighted by atomic mass is 9.82. The first kappa shape index (κ1) is 17.8. The van der Waals surface area contributed by atoms with Gasteiger partial charge in [0.25, 0.3) is 5.91 Å². The van der Waals surface area contributed by atoms with Gasteiger partial charge in [-0.2, -0.15) is 0 Å². The number of rotatable bonds is 5. The fourth-order valence-corrected chi connectivity index (χ4v) is 3.14. The summed E-state index contributed by atoms with van der Waals surface area (Å²) in [4.78, 5) is 26.4. The topological polar surface area (TPSA) is 91.3 Å². The van der Waals surface area contributed by atoms with E-state index in [1.165, 1.54) is 12.3 Å². The van der Waals surface area contributed by atoms with Gasteiger partial charge in [-0.3, -0.25) is 4.79 Å². The number of aromatic nitrogens is 1. The summed E-state index contributed by atoms with van der Waals surface area (Å²) in [5, 5.41) is 14.4. The van der Waals surface area contributed by atoms with Crippen LogP contribution in [0.5, 0.6) is 0 Å². The van der Waals surface area contributed by atoms with Crippen LogP contribution < -0.4 is 10.6 Å². The first-order valence-electron chi connectivity index (χ1n) is 7.51. The molecule has 1 saturated carbocycles. The number of pyridine rings is 1. The summed E-state index contributed by atoms with van der Waals surface area (Å²) in [6, 6.07) is 1.45. The molecule has 0 atom stereocenters. The van der Waals surface area contributed by atoms with Gasteiger partial charge in [0, 0.05) is 19.3 Å². The smallest absolute Gasteiger partial charge is 0.404 e. The summed E-state index contributed by atoms with van der Waals surface area (Å²) in [6.45, 7) is 1.08. The lowest BCUT2D eigenvalue weighted by Crippen LogP contribution is -2.34. The van der Waals surface area contributed by atoms with Crippen LogP contribution in [-0.4, -0.2) is 35.2 Å². The first-order valence-corrected chi connectivity index (χ1v) is 8.27. The summed E-state index contributed by atoms with van der Waals surface area (Å²) < 4.78 is 0. The van der Waals surface area contributed by atoms with Crippen molar-refractivity contribution in [2.24, 2.45) is 11.8 Å². The molecule has 0 bridgehead atoms. The van der Waals surface area contributed by atoms with Crippen molar-refractivity contribution in [3.63, 3.8) is 0 Å². The van der Waals surface area contributed by atoms with E-state index in [1.807, 2.05) is 0 Å². The Kier molecular flexibility index (Phi) is 6.47. The Bertz CT molecular complexity index is 575. The minimum absolute atomic E-state index is 0.228. The molecule has 1 heterocycles. The van der Waals surface area contributed by atoms with Gasteiger partial charge >= 0.3 is 6.09 Å². The summed E-state index contributed by atoms with van der Waals surface area (Å²) in [7, 11) is 0. The minimum atomic E-state index is -0.979. The van der Waals surface area contributed by atoms with Crippen LogP contribution in [0.3, 0.4) is 0 Å². The molecule has 3 N–H and O–H groups in total. The molecule has 0 saturated heterocycles. The number of amides is 2. The molecule has 0 unspecified atom stereocenters. The van der Waals surface area contributed by atoms with Crippen LogP contribution in [0.1, 0.15) is 36.0 Å². The Labute approximate surface area is 144 Å². The third-order valence-electron chi connectivity index (χ3n) is 4.13. The van der Waals surface area contributed by atoms with E-state index in [1.54, 1.807) is 0 Å². The molecule has 1 aromatic heterocycles. The Balaban J connectivity index is 1.76. The van der Waals surface area contributed by atoms with Crippen LogP contribution in [0.2, 0.25) is 10.2 Å². The monoisotopic (exact) mass is 359 g/mol. The highest BCUT2D eigenvalue weighted by Gasteiger charge is 2.22. The molecule has 126 valence electrons. The van der Waals surface area contributed by atoms with Crippen molar-refractivity contribution >= 4 is 35.2 Å². The van der Waals surface area contributed by atoms with Crippen LogP contribution in [0.15, 0.2) is 12.3 Å². The average Bonchev–Trinajstić information content (AvgIpc) is 2.53. The minimum Gasteiger partial charge on any atom is -0.465 e. The van der Waals surface area contributed by atoms with E-state index < -0.39 is 6.09 Å². The van der Waals surface area contributed by atoms with E-state index in [-0.39, 0.29) is 16.1 Å². The molecule has 0 aliphatic heterocycles. The van der Waals surface area contributed by atoms with Gasteiger partial charge in [-0.05, 0) is 43.6 Å². The highest BCUT2D eigenvalue weighted by atomic mass is 35.5. The molecule has 8 heteroatoms. The van der Waals surface area contributed by atoms with Gasteiger partial charge in [0.1, 0.15) is 5.15 Å². The molecular formula is C15H19Cl2N3O3. The molecule has 2 rings (SSSR count). The van der Waals surface area contributed by atoms with E-state index >= 15 is 0 Å². The molecule has 1 aliphatic carbocycles. The zero-order chi connectivity index (χ0) is 16.8. The van der Waals surface area contributed by atoms with Gasteiger partial charge in [0.15, 0.2) is 0 Å². The summed E-state index contributed by atoms with van der Waals surface area (Å²) >= 11 is 11.7. The number of hydrogen-bond acceptors (Lipinski definition) is 3. The van der Waals surface area contributed by atoms with E-state index in [2.05, 4.69) is 15.6 Å². The van der Waals surface area contributed by atoms with Gasteiger partial charge in [0.2, 0.25) is 0 Å². The van der Waals surface area contributed by atoms with Crippen molar-refractivity contribution in [2.45, 2.75) is 25.7 Å². The van der Waals surface area contributed by atoms with Crippen LogP contribution in [0.4, 0.5) is 4.79 Å². The summed E-state index contributed by atoms with van der Waals surface area (Å²) in [6.07, 6.45) is 4.24. The Hall–Kier alpha value is -1.53. The maximum atomic E-state index is 12.1. The number of nitrogens with one attached hydrogen (secondary N) is 2. The Morgan fingerprint density at radius 1 is 1.13 bits per heavy atom. The van der Waals surface area contributed by atoms with Crippen molar-refractivity contribution < 1.29 is 14.7 Å². The van der Waals surface area contributed by atoms with Gasteiger partial charge in [0.05, 0.1) is 10.6 Å². The highest BCUT2D eigenvalue weighted by Crippen LogP contribution is 2.28. The SMILES string of the molecule is O=C(O)NC[C@H]1CC[C@H](CNC(=O)c2cc(Cl)ncc2Cl)CC1. The van der Waals surface area contributed by atoms with Gasteiger partial charge in [-0.15, -0.1) is 0 Å². The van der Waals surface area contributed by atoms with Crippen molar-refractivity contribution in [1.29, 1.82) is 0 Å². The number of halogens is 2. The van der Waals surface area contributed by atoms with Crippen molar-refractivity contribution in [1.82, 2.24) is 15.6 Å². The number of nitrogens with zero attached hydrogens (tertiary/aromatic N) is 1. The lowest BCUT2D eigenvalue weighted by Gasteiger charge is -2.28. The second-order valence-electron chi connectivity index (χ2n) is 5.77. The second kappa shape index (κ2) is 8.36. The average molecular weight is 360 g/mol. The van der Waals surface area contributed by atoms with Gasteiger partial charge < -0.3 is 15.7 Å². The van der Waals surface area contributed by atoms with Crippen LogP contribution >= 0.6 is 23.2 Å². The normalized spacial score (nSPS) is 20.8. The molecule has 1 fully saturated rings. The predicted molar refractivity (Wildman–Crippen MR) is 88.1 cm³/mol. The third kappa shape index (κ3) is 5.55. The fourth-order valence-electron chi connectivity index (χ4n) is 2.79. The lowest BCUT2D eigenvalue weighted by molar-refractivity contribution is 0.0941. The first-order chi connectivity index (χ1) is 11.0. The van der Waals surface area contributed by atoms with Crippen LogP contribution in [0.25, 0.3) is 0 Å².